The molecule has 2 aromatic rings. The second-order valence-electron chi connectivity index (χ2n) is 5.17. The van der Waals surface area contributed by atoms with Crippen molar-refractivity contribution >= 4 is 10.0 Å². The Balaban J connectivity index is 2.23. The molecule has 0 radical (unpaired) electrons. The number of nitrogens with one attached hydrogen (secondary N) is 1. The third kappa shape index (κ3) is 3.98. The fourth-order valence-corrected chi connectivity index (χ4v) is 3.51. The minimum absolute atomic E-state index is 0.116. The van der Waals surface area contributed by atoms with Gasteiger partial charge < -0.3 is 14.2 Å². The lowest BCUT2D eigenvalue weighted by molar-refractivity contribution is 0.354. The van der Waals surface area contributed by atoms with Gasteiger partial charge in [0, 0.05) is 6.54 Å². The van der Waals surface area contributed by atoms with Gasteiger partial charge >= 0.3 is 0 Å². The van der Waals surface area contributed by atoms with Crippen molar-refractivity contribution in [3.8, 4) is 17.2 Å². The minimum Gasteiger partial charge on any atom is -0.495 e. The summed E-state index contributed by atoms with van der Waals surface area (Å²) in [5.74, 6) is 1.44. The summed E-state index contributed by atoms with van der Waals surface area (Å²) in [6, 6.07) is 10.3. The maximum atomic E-state index is 12.6. The SMILES string of the molecule is COc1ccc(CNS(=O)(=O)c2cc(C)ccc2OC)cc1OC. The molecule has 0 aliphatic heterocycles. The Bertz CT molecular complexity index is 818. The molecule has 0 bridgehead atoms. The first kappa shape index (κ1) is 18.1. The summed E-state index contributed by atoms with van der Waals surface area (Å²) in [6.07, 6.45) is 0. The van der Waals surface area contributed by atoms with Crippen LogP contribution in [0.1, 0.15) is 11.1 Å². The molecule has 0 amide bonds. The molecule has 0 saturated heterocycles. The Morgan fingerprint density at radius 3 is 2.12 bits per heavy atom. The van der Waals surface area contributed by atoms with E-state index in [9.17, 15) is 8.42 Å². The quantitative estimate of drug-likeness (QED) is 0.830. The Labute approximate surface area is 142 Å². The van der Waals surface area contributed by atoms with Gasteiger partial charge in [0.15, 0.2) is 11.5 Å². The molecule has 2 aromatic carbocycles. The first-order chi connectivity index (χ1) is 11.4. The maximum absolute atomic E-state index is 12.6. The van der Waals surface area contributed by atoms with Crippen molar-refractivity contribution in [1.29, 1.82) is 0 Å². The minimum atomic E-state index is -3.71. The molecular formula is C17H21NO5S. The molecule has 1 N–H and O–H groups in total. The monoisotopic (exact) mass is 351 g/mol. The van der Waals surface area contributed by atoms with Crippen LogP contribution >= 0.6 is 0 Å². The molecule has 130 valence electrons. The van der Waals surface area contributed by atoms with Crippen LogP contribution in [0.5, 0.6) is 17.2 Å². The van der Waals surface area contributed by atoms with Crippen LogP contribution < -0.4 is 18.9 Å². The van der Waals surface area contributed by atoms with Crippen molar-refractivity contribution in [2.24, 2.45) is 0 Å². The normalized spacial score (nSPS) is 11.2. The van der Waals surface area contributed by atoms with Gasteiger partial charge in [0.25, 0.3) is 0 Å². The average Bonchev–Trinajstić information content (AvgIpc) is 2.59. The zero-order valence-electron chi connectivity index (χ0n) is 14.1. The van der Waals surface area contributed by atoms with Crippen LogP contribution in [0.2, 0.25) is 0 Å². The molecule has 0 atom stereocenters. The summed E-state index contributed by atoms with van der Waals surface area (Å²) in [5, 5.41) is 0. The van der Waals surface area contributed by atoms with Crippen molar-refractivity contribution in [2.75, 3.05) is 21.3 Å². The number of hydrogen-bond acceptors (Lipinski definition) is 5. The standard InChI is InChI=1S/C17H21NO5S/c1-12-5-7-15(22-3)17(9-12)24(19,20)18-11-13-6-8-14(21-2)16(10-13)23-4/h5-10,18H,11H2,1-4H3. The molecule has 0 saturated carbocycles. The van der Waals surface area contributed by atoms with E-state index in [1.54, 1.807) is 43.5 Å². The highest BCUT2D eigenvalue weighted by Crippen LogP contribution is 2.28. The maximum Gasteiger partial charge on any atom is 0.244 e. The van der Waals surface area contributed by atoms with Crippen molar-refractivity contribution in [1.82, 2.24) is 4.72 Å². The van der Waals surface area contributed by atoms with Crippen molar-refractivity contribution in [3.63, 3.8) is 0 Å². The van der Waals surface area contributed by atoms with E-state index in [4.69, 9.17) is 14.2 Å². The van der Waals surface area contributed by atoms with E-state index in [0.29, 0.717) is 17.2 Å². The fourth-order valence-electron chi connectivity index (χ4n) is 2.24. The number of sulfonamides is 1. The summed E-state index contributed by atoms with van der Waals surface area (Å²) >= 11 is 0. The summed E-state index contributed by atoms with van der Waals surface area (Å²) in [6.45, 7) is 1.95. The van der Waals surface area contributed by atoms with Crippen LogP contribution in [-0.2, 0) is 16.6 Å². The zero-order valence-corrected chi connectivity index (χ0v) is 14.9. The molecule has 6 nitrogen and oxygen atoms in total. The number of hydrogen-bond donors (Lipinski definition) is 1. The van der Waals surface area contributed by atoms with E-state index in [1.165, 1.54) is 14.2 Å². The third-order valence-corrected chi connectivity index (χ3v) is 4.95. The second-order valence-corrected chi connectivity index (χ2v) is 6.90. The van der Waals surface area contributed by atoms with Gasteiger partial charge in [0.1, 0.15) is 10.6 Å². The molecule has 2 rings (SSSR count). The van der Waals surface area contributed by atoms with Gasteiger partial charge in [-0.05, 0) is 42.3 Å². The second kappa shape index (κ2) is 7.55. The van der Waals surface area contributed by atoms with Crippen LogP contribution in [0.3, 0.4) is 0 Å². The van der Waals surface area contributed by atoms with Crippen LogP contribution in [0.4, 0.5) is 0 Å². The van der Waals surface area contributed by atoms with Gasteiger partial charge in [0.2, 0.25) is 10.0 Å². The van der Waals surface area contributed by atoms with Gasteiger partial charge in [-0.1, -0.05) is 12.1 Å². The predicted molar refractivity (Wildman–Crippen MR) is 91.3 cm³/mol. The number of benzene rings is 2. The molecular weight excluding hydrogens is 330 g/mol. The Hall–Kier alpha value is -2.25. The highest BCUT2D eigenvalue weighted by molar-refractivity contribution is 7.89. The lowest BCUT2D eigenvalue weighted by Gasteiger charge is -2.13. The molecule has 0 aromatic heterocycles. The molecule has 7 heteroatoms. The highest BCUT2D eigenvalue weighted by Gasteiger charge is 2.19. The number of methoxy groups -OCH3 is 3. The summed E-state index contributed by atoms with van der Waals surface area (Å²) in [5.41, 5.74) is 1.59. The van der Waals surface area contributed by atoms with E-state index in [2.05, 4.69) is 4.72 Å². The van der Waals surface area contributed by atoms with Crippen LogP contribution in [0, 0.1) is 6.92 Å². The number of ether oxygens (including phenoxy) is 3. The van der Waals surface area contributed by atoms with Crippen molar-refractivity contribution in [3.05, 3.63) is 47.5 Å². The van der Waals surface area contributed by atoms with Crippen LogP contribution in [-0.4, -0.2) is 29.7 Å². The Morgan fingerprint density at radius 2 is 1.50 bits per heavy atom. The first-order valence-electron chi connectivity index (χ1n) is 7.26. The number of rotatable bonds is 7. The van der Waals surface area contributed by atoms with E-state index in [-0.39, 0.29) is 11.4 Å². The van der Waals surface area contributed by atoms with Crippen LogP contribution in [0.25, 0.3) is 0 Å². The molecule has 0 heterocycles. The molecule has 0 aliphatic carbocycles. The summed E-state index contributed by atoms with van der Waals surface area (Å²) in [4.78, 5) is 0.116. The van der Waals surface area contributed by atoms with Gasteiger partial charge in [0.05, 0.1) is 21.3 Å². The predicted octanol–water partition coefficient (Wildman–Crippen LogP) is 2.50. The van der Waals surface area contributed by atoms with Gasteiger partial charge in [-0.25, -0.2) is 13.1 Å². The smallest absolute Gasteiger partial charge is 0.244 e. The Kier molecular flexibility index (Phi) is 5.69. The molecule has 24 heavy (non-hydrogen) atoms. The van der Waals surface area contributed by atoms with Crippen LogP contribution in [0.15, 0.2) is 41.3 Å². The highest BCUT2D eigenvalue weighted by atomic mass is 32.2. The topological polar surface area (TPSA) is 73.9 Å². The van der Waals surface area contributed by atoms with Crippen molar-refractivity contribution in [2.45, 2.75) is 18.4 Å². The Morgan fingerprint density at radius 1 is 0.875 bits per heavy atom. The molecule has 0 fully saturated rings. The van der Waals surface area contributed by atoms with Gasteiger partial charge in [-0.15, -0.1) is 0 Å². The molecule has 0 spiro atoms. The van der Waals surface area contributed by atoms with E-state index in [0.717, 1.165) is 11.1 Å². The molecule has 0 unspecified atom stereocenters. The third-order valence-electron chi connectivity index (χ3n) is 3.52. The number of aryl methyl sites for hydroxylation is 1. The lowest BCUT2D eigenvalue weighted by Crippen LogP contribution is -2.24. The van der Waals surface area contributed by atoms with Crippen molar-refractivity contribution < 1.29 is 22.6 Å². The van der Waals surface area contributed by atoms with E-state index < -0.39 is 10.0 Å². The molecule has 0 aliphatic rings. The van der Waals surface area contributed by atoms with E-state index in [1.807, 2.05) is 6.92 Å². The lowest BCUT2D eigenvalue weighted by atomic mass is 10.2. The first-order valence-corrected chi connectivity index (χ1v) is 8.75. The van der Waals surface area contributed by atoms with E-state index >= 15 is 0 Å². The summed E-state index contributed by atoms with van der Waals surface area (Å²) in [7, 11) is 0.813. The van der Waals surface area contributed by atoms with Gasteiger partial charge in [-0.2, -0.15) is 0 Å². The van der Waals surface area contributed by atoms with Gasteiger partial charge in [-0.3, -0.25) is 0 Å². The zero-order chi connectivity index (χ0) is 17.7. The summed E-state index contributed by atoms with van der Waals surface area (Å²) < 4.78 is 43.3. The largest absolute Gasteiger partial charge is 0.495 e. The average molecular weight is 351 g/mol. The fraction of sp³-hybridized carbons (Fsp3) is 0.294.